The average Bonchev–Trinajstić information content (AvgIpc) is 2.35. The number of hydrogen-bond donors (Lipinski definition) is 3. The fraction of sp³-hybridized carbons (Fsp3) is 0.455. The number of carbonyl (C=O) groups excluding carboxylic acids is 1. The van der Waals surface area contributed by atoms with Crippen LogP contribution in [0.3, 0.4) is 0 Å². The zero-order valence-electron chi connectivity index (χ0n) is 10.5. The fourth-order valence-corrected chi connectivity index (χ4v) is 2.30. The zero-order valence-corrected chi connectivity index (χ0v) is 11.3. The van der Waals surface area contributed by atoms with E-state index in [1.54, 1.807) is 0 Å². The van der Waals surface area contributed by atoms with Gasteiger partial charge in [-0.2, -0.15) is 0 Å². The zero-order chi connectivity index (χ0) is 13.9. The largest absolute Gasteiger partial charge is 0.335 e. The second-order valence-electron chi connectivity index (χ2n) is 4.31. The van der Waals surface area contributed by atoms with E-state index in [1.807, 2.05) is 0 Å². The van der Waals surface area contributed by atoms with Crippen molar-refractivity contribution >= 4 is 21.9 Å². The van der Waals surface area contributed by atoms with Gasteiger partial charge in [0.15, 0.2) is 0 Å². The molecule has 0 saturated heterocycles. The molecule has 104 valence electrons. The lowest BCUT2D eigenvalue weighted by Crippen LogP contribution is -2.41. The topological polar surface area (TPSA) is 100 Å². The molecule has 2 rings (SSSR count). The fourth-order valence-electron chi connectivity index (χ4n) is 1.62. The van der Waals surface area contributed by atoms with Gasteiger partial charge >= 0.3 is 6.03 Å². The van der Waals surface area contributed by atoms with Gasteiger partial charge in [0, 0.05) is 12.2 Å². The smallest absolute Gasteiger partial charge is 0.320 e. The number of hydrogen-bond acceptors (Lipinski definition) is 4. The summed E-state index contributed by atoms with van der Waals surface area (Å²) >= 11 is 0. The molecule has 0 aliphatic heterocycles. The number of carbonyl (C=O) groups is 1. The van der Waals surface area contributed by atoms with Gasteiger partial charge in [-0.05, 0) is 38.4 Å². The van der Waals surface area contributed by atoms with Crippen LogP contribution < -0.4 is 15.4 Å². The summed E-state index contributed by atoms with van der Waals surface area (Å²) in [5.41, 5.74) is 0. The Bertz CT molecular complexity index is 552. The Balaban J connectivity index is 1.96. The third kappa shape index (κ3) is 3.42. The van der Waals surface area contributed by atoms with Crippen molar-refractivity contribution < 1.29 is 13.2 Å². The summed E-state index contributed by atoms with van der Waals surface area (Å²) in [5, 5.41) is 5.36. The second-order valence-corrected chi connectivity index (χ2v) is 6.20. The molecule has 1 fully saturated rings. The van der Waals surface area contributed by atoms with Crippen molar-refractivity contribution in [1.82, 2.24) is 15.0 Å². The Kier molecular flexibility index (Phi) is 4.01. The lowest BCUT2D eigenvalue weighted by Gasteiger charge is -2.26. The maximum absolute atomic E-state index is 11.6. The minimum atomic E-state index is -3.50. The second kappa shape index (κ2) is 5.54. The summed E-state index contributed by atoms with van der Waals surface area (Å²) in [7, 11) is -2.17. The van der Waals surface area contributed by atoms with Crippen molar-refractivity contribution in [3.8, 4) is 0 Å². The van der Waals surface area contributed by atoms with Gasteiger partial charge in [0.2, 0.25) is 10.0 Å². The summed E-state index contributed by atoms with van der Waals surface area (Å²) in [6.07, 6.45) is 4.34. The maximum atomic E-state index is 11.6. The molecule has 7 nitrogen and oxygen atoms in total. The number of pyridine rings is 1. The number of nitrogens with one attached hydrogen (secondary N) is 3. The summed E-state index contributed by atoms with van der Waals surface area (Å²) in [5.74, 6) is 0.312. The maximum Gasteiger partial charge on any atom is 0.320 e. The SMILES string of the molecule is CNS(=O)(=O)c1ccc(NC(=O)NC2CCC2)nc1. The highest BCUT2D eigenvalue weighted by Crippen LogP contribution is 2.18. The van der Waals surface area contributed by atoms with E-state index in [4.69, 9.17) is 0 Å². The number of aromatic nitrogens is 1. The first-order valence-corrected chi connectivity index (χ1v) is 7.47. The number of amides is 2. The van der Waals surface area contributed by atoms with Crippen LogP contribution in [-0.4, -0.2) is 32.5 Å². The van der Waals surface area contributed by atoms with E-state index in [0.29, 0.717) is 5.82 Å². The molecule has 0 atom stereocenters. The molecular weight excluding hydrogens is 268 g/mol. The van der Waals surface area contributed by atoms with Crippen molar-refractivity contribution in [2.24, 2.45) is 0 Å². The first-order chi connectivity index (χ1) is 9.01. The summed E-state index contributed by atoms with van der Waals surface area (Å²) in [4.78, 5) is 15.5. The number of anilines is 1. The van der Waals surface area contributed by atoms with E-state index in [1.165, 1.54) is 25.4 Å². The molecule has 1 aromatic rings. The molecule has 8 heteroatoms. The highest BCUT2D eigenvalue weighted by molar-refractivity contribution is 7.89. The molecule has 1 aliphatic carbocycles. The number of nitrogens with zero attached hydrogens (tertiary/aromatic N) is 1. The van der Waals surface area contributed by atoms with E-state index in [-0.39, 0.29) is 17.0 Å². The molecule has 1 heterocycles. The van der Waals surface area contributed by atoms with Crippen LogP contribution in [0, 0.1) is 0 Å². The Hall–Kier alpha value is -1.67. The molecule has 1 aromatic heterocycles. The van der Waals surface area contributed by atoms with Crippen molar-refractivity contribution in [3.05, 3.63) is 18.3 Å². The van der Waals surface area contributed by atoms with Crippen LogP contribution in [0.5, 0.6) is 0 Å². The van der Waals surface area contributed by atoms with Gasteiger partial charge in [-0.1, -0.05) is 0 Å². The van der Waals surface area contributed by atoms with E-state index in [2.05, 4.69) is 20.3 Å². The molecule has 3 N–H and O–H groups in total. The van der Waals surface area contributed by atoms with Gasteiger partial charge < -0.3 is 5.32 Å². The van der Waals surface area contributed by atoms with Gasteiger partial charge in [-0.15, -0.1) is 0 Å². The lowest BCUT2D eigenvalue weighted by molar-refractivity contribution is 0.240. The van der Waals surface area contributed by atoms with E-state index < -0.39 is 10.0 Å². The molecule has 0 unspecified atom stereocenters. The first kappa shape index (κ1) is 13.8. The van der Waals surface area contributed by atoms with Crippen molar-refractivity contribution in [2.45, 2.75) is 30.2 Å². The van der Waals surface area contributed by atoms with Gasteiger partial charge in [-0.25, -0.2) is 22.9 Å². The highest BCUT2D eigenvalue weighted by atomic mass is 32.2. The Morgan fingerprint density at radius 1 is 1.37 bits per heavy atom. The molecule has 0 radical (unpaired) electrons. The molecule has 0 spiro atoms. The summed E-state index contributed by atoms with van der Waals surface area (Å²) in [6.45, 7) is 0. The van der Waals surface area contributed by atoms with Crippen molar-refractivity contribution in [2.75, 3.05) is 12.4 Å². The summed E-state index contributed by atoms with van der Waals surface area (Å²) in [6, 6.07) is 2.76. The molecule has 19 heavy (non-hydrogen) atoms. The van der Waals surface area contributed by atoms with Gasteiger partial charge in [0.1, 0.15) is 10.7 Å². The lowest BCUT2D eigenvalue weighted by atomic mass is 9.93. The highest BCUT2D eigenvalue weighted by Gasteiger charge is 2.19. The van der Waals surface area contributed by atoms with Gasteiger partial charge in [0.25, 0.3) is 0 Å². The molecular formula is C11H16N4O3S. The Morgan fingerprint density at radius 3 is 2.58 bits per heavy atom. The van der Waals surface area contributed by atoms with Crippen molar-refractivity contribution in [1.29, 1.82) is 0 Å². The standard InChI is InChI=1S/C11H16N4O3S/c1-12-19(17,18)9-5-6-10(13-7-9)15-11(16)14-8-3-2-4-8/h5-8,12H,2-4H2,1H3,(H2,13,14,15,16). The Labute approximate surface area is 111 Å². The monoisotopic (exact) mass is 284 g/mol. The van der Waals surface area contributed by atoms with Crippen LogP contribution in [0.15, 0.2) is 23.2 Å². The van der Waals surface area contributed by atoms with Gasteiger partial charge in [-0.3, -0.25) is 5.32 Å². The number of rotatable bonds is 4. The summed E-state index contributed by atoms with van der Waals surface area (Å²) < 4.78 is 25.1. The first-order valence-electron chi connectivity index (χ1n) is 5.98. The van der Waals surface area contributed by atoms with Crippen LogP contribution >= 0.6 is 0 Å². The van der Waals surface area contributed by atoms with Crippen LogP contribution in [0.25, 0.3) is 0 Å². The molecule has 2 amide bonds. The number of urea groups is 1. The minimum Gasteiger partial charge on any atom is -0.335 e. The molecule has 0 aromatic carbocycles. The third-order valence-corrected chi connectivity index (χ3v) is 4.40. The average molecular weight is 284 g/mol. The molecule has 1 saturated carbocycles. The number of sulfonamides is 1. The van der Waals surface area contributed by atoms with Gasteiger partial charge in [0.05, 0.1) is 0 Å². The van der Waals surface area contributed by atoms with Crippen LogP contribution in [0.1, 0.15) is 19.3 Å². The van der Waals surface area contributed by atoms with E-state index >= 15 is 0 Å². The minimum absolute atomic E-state index is 0.0555. The predicted octanol–water partition coefficient (Wildman–Crippen LogP) is 0.664. The van der Waals surface area contributed by atoms with E-state index in [0.717, 1.165) is 19.3 Å². The van der Waals surface area contributed by atoms with Crippen molar-refractivity contribution in [3.63, 3.8) is 0 Å². The molecule has 1 aliphatic rings. The van der Waals surface area contributed by atoms with Crippen LogP contribution in [-0.2, 0) is 10.0 Å². The molecule has 0 bridgehead atoms. The van der Waals surface area contributed by atoms with Crippen LogP contribution in [0.2, 0.25) is 0 Å². The predicted molar refractivity (Wildman–Crippen MR) is 70.3 cm³/mol. The normalized spacial score (nSPS) is 15.6. The quantitative estimate of drug-likeness (QED) is 0.756. The third-order valence-electron chi connectivity index (χ3n) is 3.00. The van der Waals surface area contributed by atoms with Crippen LogP contribution in [0.4, 0.5) is 10.6 Å². The Morgan fingerprint density at radius 2 is 2.11 bits per heavy atom. The van der Waals surface area contributed by atoms with E-state index in [9.17, 15) is 13.2 Å².